The quantitative estimate of drug-likeness (QED) is 0.449. The molecular weight excluding hydrogens is 428 g/mol. The van der Waals surface area contributed by atoms with Gasteiger partial charge in [0.25, 0.3) is 5.91 Å². The van der Waals surface area contributed by atoms with Crippen molar-refractivity contribution in [2.24, 2.45) is 10.7 Å². The lowest BCUT2D eigenvalue weighted by atomic mass is 9.96. The van der Waals surface area contributed by atoms with Crippen molar-refractivity contribution in [1.82, 2.24) is 0 Å². The van der Waals surface area contributed by atoms with Gasteiger partial charge in [-0.3, -0.25) is 9.59 Å². The van der Waals surface area contributed by atoms with Crippen LogP contribution in [-0.4, -0.2) is 28.6 Å². The van der Waals surface area contributed by atoms with Crippen molar-refractivity contribution in [2.75, 3.05) is 0 Å². The molecule has 3 aromatic rings. The molecule has 1 heterocycles. The number of aliphatic imine (C=N–C) groups is 1. The fourth-order valence-corrected chi connectivity index (χ4v) is 3.78. The molecule has 1 amide bonds. The Labute approximate surface area is 198 Å². The molecule has 0 spiro atoms. The summed E-state index contributed by atoms with van der Waals surface area (Å²) < 4.78 is 5.78. The topological polar surface area (TPSA) is 102 Å². The first kappa shape index (κ1) is 23.1. The van der Waals surface area contributed by atoms with Gasteiger partial charge in [-0.25, -0.2) is 4.99 Å². The number of hydrogen-bond acceptors (Lipinski definition) is 5. The number of Topliss-reactive ketones (excluding diaryl/α,β-unsaturated/α-hetero) is 1. The van der Waals surface area contributed by atoms with Crippen LogP contribution in [0.5, 0.6) is 5.75 Å². The minimum atomic E-state index is -0.971. The SMILES string of the molecule is NC(Cc1ccc(OCc2ccccc2)cc1)C(=O)C1=C(O)C(CCc2ccccc2)=NC1=O. The number of aryl methyl sites for hydroxylation is 1. The molecule has 0 aromatic heterocycles. The lowest BCUT2D eigenvalue weighted by Gasteiger charge is -2.12. The molecule has 1 atom stereocenters. The summed E-state index contributed by atoms with van der Waals surface area (Å²) in [4.78, 5) is 29.1. The molecule has 0 saturated heterocycles. The smallest absolute Gasteiger partial charge is 0.284 e. The van der Waals surface area contributed by atoms with Gasteiger partial charge in [0, 0.05) is 0 Å². The molecule has 34 heavy (non-hydrogen) atoms. The van der Waals surface area contributed by atoms with Crippen LogP contribution in [0.25, 0.3) is 0 Å². The monoisotopic (exact) mass is 454 g/mol. The van der Waals surface area contributed by atoms with Crippen molar-refractivity contribution in [3.05, 3.63) is 113 Å². The van der Waals surface area contributed by atoms with E-state index in [4.69, 9.17) is 10.5 Å². The number of nitrogens with zero attached hydrogens (tertiary/aromatic N) is 1. The van der Waals surface area contributed by atoms with Gasteiger partial charge in [-0.15, -0.1) is 0 Å². The highest BCUT2D eigenvalue weighted by molar-refractivity contribution is 6.31. The van der Waals surface area contributed by atoms with Crippen LogP contribution in [0.4, 0.5) is 0 Å². The van der Waals surface area contributed by atoms with E-state index >= 15 is 0 Å². The number of benzene rings is 3. The summed E-state index contributed by atoms with van der Waals surface area (Å²) in [6, 6.07) is 25.8. The average Bonchev–Trinajstić information content (AvgIpc) is 3.15. The summed E-state index contributed by atoms with van der Waals surface area (Å²) >= 11 is 0. The van der Waals surface area contributed by atoms with Gasteiger partial charge in [0.2, 0.25) is 0 Å². The Kier molecular flexibility index (Phi) is 7.30. The van der Waals surface area contributed by atoms with E-state index < -0.39 is 17.7 Å². The zero-order valence-electron chi connectivity index (χ0n) is 18.7. The Balaban J connectivity index is 1.34. The number of carbonyl (C=O) groups is 2. The van der Waals surface area contributed by atoms with E-state index in [1.54, 1.807) is 0 Å². The minimum absolute atomic E-state index is 0.223. The number of nitrogens with two attached hydrogens (primary N) is 1. The van der Waals surface area contributed by atoms with Gasteiger partial charge in [0.05, 0.1) is 11.8 Å². The Morgan fingerprint density at radius 3 is 2.12 bits per heavy atom. The second kappa shape index (κ2) is 10.7. The first-order chi connectivity index (χ1) is 16.5. The second-order valence-electron chi connectivity index (χ2n) is 8.17. The van der Waals surface area contributed by atoms with Crippen LogP contribution in [0.1, 0.15) is 23.1 Å². The van der Waals surface area contributed by atoms with Gasteiger partial charge < -0.3 is 15.6 Å². The van der Waals surface area contributed by atoms with Crippen LogP contribution in [0.2, 0.25) is 0 Å². The maximum atomic E-state index is 12.9. The van der Waals surface area contributed by atoms with Crippen LogP contribution in [0.3, 0.4) is 0 Å². The second-order valence-corrected chi connectivity index (χ2v) is 8.17. The Morgan fingerprint density at radius 2 is 1.47 bits per heavy atom. The first-order valence-corrected chi connectivity index (χ1v) is 11.2. The van der Waals surface area contributed by atoms with Crippen LogP contribution < -0.4 is 10.5 Å². The predicted octanol–water partition coefficient (Wildman–Crippen LogP) is 4.13. The summed E-state index contributed by atoms with van der Waals surface area (Å²) in [6.07, 6.45) is 1.18. The highest BCUT2D eigenvalue weighted by atomic mass is 16.5. The normalized spacial score (nSPS) is 14.1. The van der Waals surface area contributed by atoms with Gasteiger partial charge in [-0.05, 0) is 48.1 Å². The maximum absolute atomic E-state index is 12.9. The van der Waals surface area contributed by atoms with E-state index in [9.17, 15) is 14.7 Å². The number of allylic oxidation sites excluding steroid dienone is 1. The molecular formula is C28H26N2O4. The summed E-state index contributed by atoms with van der Waals surface area (Å²) in [5.41, 5.74) is 8.96. The number of ketones is 1. The Bertz CT molecular complexity index is 1220. The summed E-state index contributed by atoms with van der Waals surface area (Å²) in [6.45, 7) is 0.459. The number of ether oxygens (including phenoxy) is 1. The largest absolute Gasteiger partial charge is 0.505 e. The van der Waals surface area contributed by atoms with Crippen molar-refractivity contribution in [3.8, 4) is 5.75 Å². The average molecular weight is 455 g/mol. The molecule has 0 aliphatic carbocycles. The summed E-state index contributed by atoms with van der Waals surface area (Å²) in [7, 11) is 0. The van der Waals surface area contributed by atoms with E-state index in [-0.39, 0.29) is 23.5 Å². The maximum Gasteiger partial charge on any atom is 0.284 e. The van der Waals surface area contributed by atoms with Crippen molar-refractivity contribution in [3.63, 3.8) is 0 Å². The number of aliphatic hydroxyl groups is 1. The zero-order chi connectivity index (χ0) is 23.9. The number of aliphatic hydroxyl groups excluding tert-OH is 1. The Morgan fingerprint density at radius 1 is 0.853 bits per heavy atom. The fraction of sp³-hybridized carbons (Fsp3) is 0.179. The third kappa shape index (κ3) is 5.66. The van der Waals surface area contributed by atoms with Crippen LogP contribution in [-0.2, 0) is 29.0 Å². The van der Waals surface area contributed by atoms with E-state index in [2.05, 4.69) is 4.99 Å². The third-order valence-corrected chi connectivity index (χ3v) is 5.66. The van der Waals surface area contributed by atoms with Crippen LogP contribution in [0, 0.1) is 0 Å². The molecule has 6 heteroatoms. The van der Waals surface area contributed by atoms with E-state index in [1.165, 1.54) is 0 Å². The van der Waals surface area contributed by atoms with Crippen molar-refractivity contribution < 1.29 is 19.4 Å². The molecule has 3 N–H and O–H groups in total. The highest BCUT2D eigenvalue weighted by Crippen LogP contribution is 2.21. The Hall–Kier alpha value is -4.03. The molecule has 3 aromatic carbocycles. The molecule has 172 valence electrons. The number of rotatable bonds is 10. The lowest BCUT2D eigenvalue weighted by molar-refractivity contribution is -0.121. The van der Waals surface area contributed by atoms with E-state index in [1.807, 2.05) is 84.9 Å². The molecule has 0 bridgehead atoms. The van der Waals surface area contributed by atoms with Gasteiger partial charge in [0.15, 0.2) is 11.5 Å². The molecule has 1 aliphatic rings. The van der Waals surface area contributed by atoms with Crippen molar-refractivity contribution in [1.29, 1.82) is 0 Å². The molecule has 6 nitrogen and oxygen atoms in total. The summed E-state index contributed by atoms with van der Waals surface area (Å²) in [5, 5.41) is 10.5. The van der Waals surface area contributed by atoms with Gasteiger partial charge >= 0.3 is 0 Å². The number of amides is 1. The standard InChI is InChI=1S/C28H26N2O4/c29-23(17-20-11-14-22(15-12-20)34-18-21-9-5-2-6-10-21)26(31)25-27(32)24(30-28(25)33)16-13-19-7-3-1-4-8-19/h1-12,14-15,23,32H,13,16-18,29H2. The fourth-order valence-electron chi connectivity index (χ4n) is 3.78. The number of carbonyl (C=O) groups excluding carboxylic acids is 2. The molecule has 0 fully saturated rings. The van der Waals surface area contributed by atoms with Gasteiger partial charge in [-0.1, -0.05) is 72.8 Å². The third-order valence-electron chi connectivity index (χ3n) is 5.66. The highest BCUT2D eigenvalue weighted by Gasteiger charge is 2.34. The first-order valence-electron chi connectivity index (χ1n) is 11.2. The minimum Gasteiger partial charge on any atom is -0.505 e. The molecule has 1 unspecified atom stereocenters. The molecule has 0 saturated carbocycles. The molecule has 1 aliphatic heterocycles. The van der Waals surface area contributed by atoms with E-state index in [0.29, 0.717) is 25.2 Å². The molecule has 4 rings (SSSR count). The van der Waals surface area contributed by atoms with Gasteiger partial charge in [0.1, 0.15) is 17.9 Å². The van der Waals surface area contributed by atoms with Gasteiger partial charge in [-0.2, -0.15) is 0 Å². The zero-order valence-corrected chi connectivity index (χ0v) is 18.7. The number of hydrogen-bond donors (Lipinski definition) is 2. The van der Waals surface area contributed by atoms with Crippen molar-refractivity contribution >= 4 is 17.4 Å². The predicted molar refractivity (Wildman–Crippen MR) is 131 cm³/mol. The molecule has 0 radical (unpaired) electrons. The lowest BCUT2D eigenvalue weighted by Crippen LogP contribution is -2.35. The van der Waals surface area contributed by atoms with Crippen LogP contribution >= 0.6 is 0 Å². The van der Waals surface area contributed by atoms with Crippen molar-refractivity contribution in [2.45, 2.75) is 31.9 Å². The summed E-state index contributed by atoms with van der Waals surface area (Å²) in [5.74, 6) is -0.989. The van der Waals surface area contributed by atoms with E-state index in [0.717, 1.165) is 16.7 Å². The van der Waals surface area contributed by atoms with Crippen LogP contribution in [0.15, 0.2) is 101 Å².